The first-order valence-electron chi connectivity index (χ1n) is 6.58. The summed E-state index contributed by atoms with van der Waals surface area (Å²) in [5.74, 6) is 1.55. The molecule has 0 fully saturated rings. The van der Waals surface area contributed by atoms with Crippen LogP contribution in [0.25, 0.3) is 5.65 Å². The molecule has 102 valence electrons. The van der Waals surface area contributed by atoms with Crippen LogP contribution in [0.4, 0.5) is 5.69 Å². The monoisotopic (exact) mass is 268 g/mol. The molecule has 2 aromatic heterocycles. The number of ether oxygens (including phenoxy) is 1. The molecule has 2 N–H and O–H groups in total. The fourth-order valence-corrected chi connectivity index (χ4v) is 2.05. The highest BCUT2D eigenvalue weighted by molar-refractivity contribution is 5.63. The zero-order valence-corrected chi connectivity index (χ0v) is 11.3. The van der Waals surface area contributed by atoms with E-state index in [1.165, 1.54) is 5.56 Å². The van der Waals surface area contributed by atoms with Crippen molar-refractivity contribution in [2.24, 2.45) is 0 Å². The maximum atomic E-state index is 5.84. The molecule has 2 heterocycles. The van der Waals surface area contributed by atoms with Gasteiger partial charge in [-0.3, -0.25) is 4.40 Å². The van der Waals surface area contributed by atoms with E-state index in [2.05, 4.69) is 29.3 Å². The van der Waals surface area contributed by atoms with Crippen LogP contribution in [0.2, 0.25) is 0 Å². The van der Waals surface area contributed by atoms with Crippen LogP contribution in [0.5, 0.6) is 5.75 Å². The second-order valence-corrected chi connectivity index (χ2v) is 4.56. The smallest absolute Gasteiger partial charge is 0.184 e. The average molecular weight is 268 g/mol. The van der Waals surface area contributed by atoms with Crippen molar-refractivity contribution in [2.45, 2.75) is 20.0 Å². The lowest BCUT2D eigenvalue weighted by Crippen LogP contribution is -2.02. The number of nitrogen functional groups attached to an aromatic ring is 1. The summed E-state index contributed by atoms with van der Waals surface area (Å²) in [4.78, 5) is 0. The van der Waals surface area contributed by atoms with Crippen molar-refractivity contribution in [3.8, 4) is 5.75 Å². The summed E-state index contributed by atoms with van der Waals surface area (Å²) < 4.78 is 7.58. The Morgan fingerprint density at radius 3 is 2.70 bits per heavy atom. The number of nitrogens with two attached hydrogens (primary N) is 1. The van der Waals surface area contributed by atoms with Crippen molar-refractivity contribution in [3.63, 3.8) is 0 Å². The van der Waals surface area contributed by atoms with E-state index in [1.54, 1.807) is 6.07 Å². The van der Waals surface area contributed by atoms with Crippen molar-refractivity contribution in [1.82, 2.24) is 14.6 Å². The Bertz CT molecular complexity index is 718. The van der Waals surface area contributed by atoms with Crippen LogP contribution >= 0.6 is 0 Å². The minimum absolute atomic E-state index is 0.357. The molecule has 0 unspecified atom stereocenters. The third-order valence-electron chi connectivity index (χ3n) is 3.24. The molecule has 0 aliphatic heterocycles. The van der Waals surface area contributed by atoms with Crippen LogP contribution < -0.4 is 10.5 Å². The maximum absolute atomic E-state index is 5.84. The molecule has 0 amide bonds. The molecule has 0 saturated heterocycles. The number of aryl methyl sites for hydroxylation is 1. The third kappa shape index (κ3) is 2.30. The number of hydrogen-bond acceptors (Lipinski definition) is 4. The molecule has 5 nitrogen and oxygen atoms in total. The Morgan fingerprint density at radius 1 is 1.15 bits per heavy atom. The van der Waals surface area contributed by atoms with Gasteiger partial charge in [-0.15, -0.1) is 10.2 Å². The van der Waals surface area contributed by atoms with E-state index in [0.29, 0.717) is 17.9 Å². The third-order valence-corrected chi connectivity index (χ3v) is 3.24. The van der Waals surface area contributed by atoms with Crippen LogP contribution in [-0.2, 0) is 13.0 Å². The summed E-state index contributed by atoms with van der Waals surface area (Å²) in [6, 6.07) is 11.7. The maximum Gasteiger partial charge on any atom is 0.184 e. The fraction of sp³-hybridized carbons (Fsp3) is 0.200. The summed E-state index contributed by atoms with van der Waals surface area (Å²) in [5, 5.41) is 8.18. The highest BCUT2D eigenvalue weighted by Gasteiger charge is 2.07. The standard InChI is InChI=1S/C15H16N4O/c1-2-11-5-7-12(8-6-11)20-10-14-17-18-15-13(16)4-3-9-19(14)15/h3-9H,2,10,16H2,1H3. The van der Waals surface area contributed by atoms with E-state index in [0.717, 1.165) is 18.0 Å². The van der Waals surface area contributed by atoms with Crippen molar-refractivity contribution in [1.29, 1.82) is 0 Å². The molecule has 0 atom stereocenters. The Hall–Kier alpha value is -2.56. The molecule has 0 spiro atoms. The van der Waals surface area contributed by atoms with Crippen LogP contribution in [0, 0.1) is 0 Å². The SMILES string of the molecule is CCc1ccc(OCc2nnc3c(N)cccn23)cc1. The Labute approximate surface area is 117 Å². The summed E-state index contributed by atoms with van der Waals surface area (Å²) in [6.45, 7) is 2.48. The minimum Gasteiger partial charge on any atom is -0.486 e. The number of aromatic nitrogens is 3. The predicted octanol–water partition coefficient (Wildman–Crippen LogP) is 2.45. The Kier molecular flexibility index (Phi) is 3.25. The molecule has 20 heavy (non-hydrogen) atoms. The molecule has 0 bridgehead atoms. The summed E-state index contributed by atoms with van der Waals surface area (Å²) in [5.41, 5.74) is 8.40. The van der Waals surface area contributed by atoms with E-state index >= 15 is 0 Å². The number of fused-ring (bicyclic) bond motifs is 1. The lowest BCUT2D eigenvalue weighted by Gasteiger charge is -2.06. The fourth-order valence-electron chi connectivity index (χ4n) is 2.05. The molecule has 3 aromatic rings. The zero-order chi connectivity index (χ0) is 13.9. The number of rotatable bonds is 4. The Balaban J connectivity index is 1.78. The van der Waals surface area contributed by atoms with Gasteiger partial charge in [0.1, 0.15) is 12.4 Å². The molecule has 1 aromatic carbocycles. The van der Waals surface area contributed by atoms with Gasteiger partial charge in [-0.2, -0.15) is 0 Å². The van der Waals surface area contributed by atoms with Crippen LogP contribution in [0.3, 0.4) is 0 Å². The molecule has 0 aliphatic carbocycles. The topological polar surface area (TPSA) is 65.4 Å². The van der Waals surface area contributed by atoms with Gasteiger partial charge in [0, 0.05) is 6.20 Å². The van der Waals surface area contributed by atoms with Gasteiger partial charge < -0.3 is 10.5 Å². The van der Waals surface area contributed by atoms with E-state index in [4.69, 9.17) is 10.5 Å². The number of anilines is 1. The highest BCUT2D eigenvalue weighted by Crippen LogP contribution is 2.16. The van der Waals surface area contributed by atoms with Crippen LogP contribution in [0.15, 0.2) is 42.6 Å². The number of nitrogens with zero attached hydrogens (tertiary/aromatic N) is 3. The first kappa shape index (κ1) is 12.5. The molecule has 5 heteroatoms. The minimum atomic E-state index is 0.357. The van der Waals surface area contributed by atoms with Crippen molar-refractivity contribution < 1.29 is 4.74 Å². The van der Waals surface area contributed by atoms with Crippen molar-refractivity contribution in [3.05, 3.63) is 54.0 Å². The van der Waals surface area contributed by atoms with Gasteiger partial charge in [0.25, 0.3) is 0 Å². The number of pyridine rings is 1. The van der Waals surface area contributed by atoms with Gasteiger partial charge in [-0.05, 0) is 36.2 Å². The van der Waals surface area contributed by atoms with E-state index < -0.39 is 0 Å². The molecular weight excluding hydrogens is 252 g/mol. The van der Waals surface area contributed by atoms with Crippen LogP contribution in [-0.4, -0.2) is 14.6 Å². The highest BCUT2D eigenvalue weighted by atomic mass is 16.5. The largest absolute Gasteiger partial charge is 0.486 e. The predicted molar refractivity (Wildman–Crippen MR) is 77.6 cm³/mol. The number of hydrogen-bond donors (Lipinski definition) is 1. The van der Waals surface area contributed by atoms with E-state index in [9.17, 15) is 0 Å². The van der Waals surface area contributed by atoms with Crippen molar-refractivity contribution >= 4 is 11.3 Å². The van der Waals surface area contributed by atoms with Gasteiger partial charge >= 0.3 is 0 Å². The van der Waals surface area contributed by atoms with E-state index in [-0.39, 0.29) is 0 Å². The normalized spacial score (nSPS) is 10.8. The quantitative estimate of drug-likeness (QED) is 0.789. The molecule has 0 saturated carbocycles. The van der Waals surface area contributed by atoms with Gasteiger partial charge in [-0.1, -0.05) is 19.1 Å². The zero-order valence-electron chi connectivity index (χ0n) is 11.3. The van der Waals surface area contributed by atoms with Gasteiger partial charge in [0.15, 0.2) is 11.5 Å². The lowest BCUT2D eigenvalue weighted by atomic mass is 10.2. The molecule has 0 radical (unpaired) electrons. The van der Waals surface area contributed by atoms with Gasteiger partial charge in [-0.25, -0.2) is 0 Å². The Morgan fingerprint density at radius 2 is 1.95 bits per heavy atom. The molecule has 0 aliphatic rings. The first-order chi connectivity index (χ1) is 9.78. The summed E-state index contributed by atoms with van der Waals surface area (Å²) in [6.07, 6.45) is 2.90. The first-order valence-corrected chi connectivity index (χ1v) is 6.58. The lowest BCUT2D eigenvalue weighted by molar-refractivity contribution is 0.294. The van der Waals surface area contributed by atoms with Crippen molar-refractivity contribution in [2.75, 3.05) is 5.73 Å². The summed E-state index contributed by atoms with van der Waals surface area (Å²) >= 11 is 0. The molecule has 3 rings (SSSR count). The number of benzene rings is 1. The van der Waals surface area contributed by atoms with Gasteiger partial charge in [0.2, 0.25) is 0 Å². The van der Waals surface area contributed by atoms with Gasteiger partial charge in [0.05, 0.1) is 5.69 Å². The second-order valence-electron chi connectivity index (χ2n) is 4.56. The van der Waals surface area contributed by atoms with Crippen LogP contribution in [0.1, 0.15) is 18.3 Å². The van der Waals surface area contributed by atoms with E-state index in [1.807, 2.05) is 28.8 Å². The second kappa shape index (κ2) is 5.21. The average Bonchev–Trinajstić information content (AvgIpc) is 2.90. The summed E-state index contributed by atoms with van der Waals surface area (Å²) in [7, 11) is 0. The molecular formula is C15H16N4O.